The summed E-state index contributed by atoms with van der Waals surface area (Å²) in [6, 6.07) is -1.93. The first-order valence-electron chi connectivity index (χ1n) is 5.88. The van der Waals surface area contributed by atoms with Gasteiger partial charge in [-0.15, -0.1) is 0 Å². The Morgan fingerprint density at radius 2 is 1.68 bits per heavy atom. The molecule has 0 saturated carbocycles. The van der Waals surface area contributed by atoms with Gasteiger partial charge in [0.25, 0.3) is 0 Å². The lowest BCUT2D eigenvalue weighted by Crippen LogP contribution is -2.53. The van der Waals surface area contributed by atoms with E-state index in [0.717, 1.165) is 0 Å². The number of ether oxygens (including phenoxy) is 2. The second kappa shape index (κ2) is 9.54. The first-order chi connectivity index (χ1) is 8.93. The zero-order valence-electron chi connectivity index (χ0n) is 11.5. The number of carbonyl (C=O) groups excluding carboxylic acids is 1. The Balaban J connectivity index is 4.54. The van der Waals surface area contributed by atoms with Crippen LogP contribution in [0, 0.1) is 0 Å². The van der Waals surface area contributed by atoms with Crippen LogP contribution in [0.4, 0.5) is 4.79 Å². The monoisotopic (exact) mass is 278 g/mol. The van der Waals surface area contributed by atoms with Gasteiger partial charge in [0, 0.05) is 27.3 Å². The predicted molar refractivity (Wildman–Crippen MR) is 67.0 cm³/mol. The number of hydrogen-bond donors (Lipinski definition) is 3. The third-order valence-electron chi connectivity index (χ3n) is 2.45. The van der Waals surface area contributed by atoms with Crippen LogP contribution >= 0.6 is 0 Å². The van der Waals surface area contributed by atoms with E-state index in [1.54, 1.807) is 0 Å². The van der Waals surface area contributed by atoms with E-state index in [2.05, 4.69) is 5.32 Å². The van der Waals surface area contributed by atoms with E-state index in [0.29, 0.717) is 26.3 Å². The normalized spacial score (nSPS) is 13.7. The Labute approximate surface area is 112 Å². The summed E-state index contributed by atoms with van der Waals surface area (Å²) in [6.07, 6.45) is -1.19. The lowest BCUT2D eigenvalue weighted by Gasteiger charge is -2.25. The van der Waals surface area contributed by atoms with Gasteiger partial charge in [-0.05, 0) is 6.92 Å². The van der Waals surface area contributed by atoms with Crippen LogP contribution in [0.3, 0.4) is 0 Å². The summed E-state index contributed by atoms with van der Waals surface area (Å²) in [6.45, 7) is 2.55. The molecule has 0 bridgehead atoms. The number of carboxylic acid groups (broad SMARTS) is 1. The zero-order valence-corrected chi connectivity index (χ0v) is 11.5. The topological polar surface area (TPSA) is 108 Å². The quantitative estimate of drug-likeness (QED) is 0.505. The van der Waals surface area contributed by atoms with Crippen molar-refractivity contribution in [1.82, 2.24) is 10.2 Å². The standard InChI is InChI=1S/C11H22N2O6/c1-8(14)9(10(15)16)12-11(17)13(4-6-18-2)5-7-19-3/h8-9,14H,4-7H2,1-3H3,(H,12,17)(H,15,16)/t8-,9+/m1/s1. The molecule has 2 amide bonds. The van der Waals surface area contributed by atoms with E-state index < -0.39 is 24.1 Å². The molecule has 2 atom stereocenters. The number of aliphatic hydroxyl groups is 1. The minimum absolute atomic E-state index is 0.303. The number of carboxylic acids is 1. The number of urea groups is 1. The van der Waals surface area contributed by atoms with E-state index in [4.69, 9.17) is 14.6 Å². The molecule has 8 nitrogen and oxygen atoms in total. The van der Waals surface area contributed by atoms with Crippen LogP contribution in [0.15, 0.2) is 0 Å². The summed E-state index contributed by atoms with van der Waals surface area (Å²) in [5.74, 6) is -1.29. The number of aliphatic carboxylic acids is 1. The summed E-state index contributed by atoms with van der Waals surface area (Å²) < 4.78 is 9.75. The van der Waals surface area contributed by atoms with Crippen molar-refractivity contribution in [1.29, 1.82) is 0 Å². The number of methoxy groups -OCH3 is 2. The molecular formula is C11H22N2O6. The molecule has 0 unspecified atom stereocenters. The maximum absolute atomic E-state index is 11.9. The number of hydrogen-bond acceptors (Lipinski definition) is 5. The second-order valence-electron chi connectivity index (χ2n) is 3.98. The Bertz CT molecular complexity index is 276. The zero-order chi connectivity index (χ0) is 14.8. The number of nitrogens with zero attached hydrogens (tertiary/aromatic N) is 1. The van der Waals surface area contributed by atoms with Crippen LogP contribution in [0.2, 0.25) is 0 Å². The van der Waals surface area contributed by atoms with Crippen LogP contribution < -0.4 is 5.32 Å². The summed E-state index contributed by atoms with van der Waals surface area (Å²) in [5, 5.41) is 20.4. The second-order valence-corrected chi connectivity index (χ2v) is 3.98. The maximum Gasteiger partial charge on any atom is 0.328 e. The molecule has 0 spiro atoms. The van der Waals surface area contributed by atoms with E-state index in [1.807, 2.05) is 0 Å². The number of nitrogens with one attached hydrogen (secondary N) is 1. The molecule has 0 aromatic carbocycles. The molecule has 0 radical (unpaired) electrons. The summed E-state index contributed by atoms with van der Waals surface area (Å²) in [5.41, 5.74) is 0. The Morgan fingerprint density at radius 3 is 2.00 bits per heavy atom. The summed E-state index contributed by atoms with van der Waals surface area (Å²) in [4.78, 5) is 24.2. The Hall–Kier alpha value is -1.38. The summed E-state index contributed by atoms with van der Waals surface area (Å²) >= 11 is 0. The molecule has 0 saturated heterocycles. The molecule has 0 rings (SSSR count). The van der Waals surface area contributed by atoms with E-state index in [9.17, 15) is 14.7 Å². The van der Waals surface area contributed by atoms with Gasteiger partial charge in [0.1, 0.15) is 0 Å². The van der Waals surface area contributed by atoms with Crippen molar-refractivity contribution < 1.29 is 29.3 Å². The fourth-order valence-electron chi connectivity index (χ4n) is 1.33. The van der Waals surface area contributed by atoms with Crippen molar-refractivity contribution >= 4 is 12.0 Å². The van der Waals surface area contributed by atoms with Gasteiger partial charge < -0.3 is 29.9 Å². The van der Waals surface area contributed by atoms with Crippen molar-refractivity contribution in [3.05, 3.63) is 0 Å². The van der Waals surface area contributed by atoms with Gasteiger partial charge in [0.15, 0.2) is 6.04 Å². The fraction of sp³-hybridized carbons (Fsp3) is 0.818. The van der Waals surface area contributed by atoms with Crippen molar-refractivity contribution in [2.45, 2.75) is 19.1 Å². The first kappa shape index (κ1) is 17.6. The number of rotatable bonds is 9. The molecule has 0 aliphatic carbocycles. The molecule has 112 valence electrons. The van der Waals surface area contributed by atoms with E-state index in [-0.39, 0.29) is 0 Å². The van der Waals surface area contributed by atoms with Crippen molar-refractivity contribution in [3.8, 4) is 0 Å². The maximum atomic E-state index is 11.9. The van der Waals surface area contributed by atoms with Crippen molar-refractivity contribution in [2.75, 3.05) is 40.5 Å². The number of carbonyl (C=O) groups is 2. The molecule has 0 fully saturated rings. The number of aliphatic hydroxyl groups excluding tert-OH is 1. The highest BCUT2D eigenvalue weighted by molar-refractivity contribution is 5.83. The highest BCUT2D eigenvalue weighted by Crippen LogP contribution is 1.97. The van der Waals surface area contributed by atoms with Gasteiger partial charge in [0.05, 0.1) is 19.3 Å². The van der Waals surface area contributed by atoms with Gasteiger partial charge in [-0.25, -0.2) is 9.59 Å². The van der Waals surface area contributed by atoms with Gasteiger partial charge in [-0.3, -0.25) is 0 Å². The van der Waals surface area contributed by atoms with Crippen LogP contribution in [-0.4, -0.2) is 79.8 Å². The third kappa shape index (κ3) is 6.94. The van der Waals surface area contributed by atoms with Gasteiger partial charge in [0.2, 0.25) is 0 Å². The van der Waals surface area contributed by atoms with Gasteiger partial charge >= 0.3 is 12.0 Å². The SMILES string of the molecule is COCCN(CCOC)C(=O)N[C@H](C(=O)O)[C@@H](C)O. The van der Waals surface area contributed by atoms with Gasteiger partial charge in [-0.1, -0.05) is 0 Å². The van der Waals surface area contributed by atoms with Crippen LogP contribution in [0.1, 0.15) is 6.92 Å². The van der Waals surface area contributed by atoms with Crippen LogP contribution in [0.25, 0.3) is 0 Å². The minimum Gasteiger partial charge on any atom is -0.480 e. The smallest absolute Gasteiger partial charge is 0.328 e. The van der Waals surface area contributed by atoms with Crippen LogP contribution in [-0.2, 0) is 14.3 Å². The Morgan fingerprint density at radius 1 is 1.21 bits per heavy atom. The van der Waals surface area contributed by atoms with Crippen molar-refractivity contribution in [3.63, 3.8) is 0 Å². The lowest BCUT2D eigenvalue weighted by molar-refractivity contribution is -0.141. The lowest BCUT2D eigenvalue weighted by atomic mass is 10.2. The highest BCUT2D eigenvalue weighted by atomic mass is 16.5. The molecule has 3 N–H and O–H groups in total. The van der Waals surface area contributed by atoms with E-state index in [1.165, 1.54) is 26.0 Å². The molecule has 0 aliphatic rings. The largest absolute Gasteiger partial charge is 0.480 e. The molecule has 0 aliphatic heterocycles. The molecule has 0 aromatic rings. The average Bonchev–Trinajstić information content (AvgIpc) is 2.35. The fourth-order valence-corrected chi connectivity index (χ4v) is 1.33. The first-order valence-corrected chi connectivity index (χ1v) is 5.88. The molecule has 0 aromatic heterocycles. The third-order valence-corrected chi connectivity index (χ3v) is 2.45. The molecule has 19 heavy (non-hydrogen) atoms. The molecule has 0 heterocycles. The van der Waals surface area contributed by atoms with E-state index >= 15 is 0 Å². The molecule has 8 heteroatoms. The average molecular weight is 278 g/mol. The van der Waals surface area contributed by atoms with Crippen LogP contribution in [0.5, 0.6) is 0 Å². The highest BCUT2D eigenvalue weighted by Gasteiger charge is 2.27. The Kier molecular flexibility index (Phi) is 8.84. The van der Waals surface area contributed by atoms with Crippen molar-refractivity contribution in [2.24, 2.45) is 0 Å². The minimum atomic E-state index is -1.35. The van der Waals surface area contributed by atoms with Gasteiger partial charge in [-0.2, -0.15) is 0 Å². The predicted octanol–water partition coefficient (Wildman–Crippen LogP) is -0.875. The summed E-state index contributed by atoms with van der Waals surface area (Å²) in [7, 11) is 3.00. The molecular weight excluding hydrogens is 256 g/mol. The number of amides is 2.